The van der Waals surface area contributed by atoms with E-state index >= 15 is 0 Å². The van der Waals surface area contributed by atoms with Crippen LogP contribution in [0.1, 0.15) is 5.56 Å². The second-order valence-electron chi connectivity index (χ2n) is 1.98. The predicted octanol–water partition coefficient (Wildman–Crippen LogP) is -0.366. The molecule has 1 aromatic rings. The van der Waals surface area contributed by atoms with Gasteiger partial charge in [0.05, 0.1) is 6.20 Å². The highest BCUT2D eigenvalue weighted by molar-refractivity contribution is 6.17. The minimum absolute atomic E-state index is 0.558. The van der Waals surface area contributed by atoms with Crippen LogP contribution in [0.3, 0.4) is 0 Å². The zero-order valence-electron chi connectivity index (χ0n) is 5.90. The van der Waals surface area contributed by atoms with Crippen LogP contribution < -0.4 is 4.65 Å². The maximum absolute atomic E-state index is 8.30. The molecule has 10 heavy (non-hydrogen) atoms. The lowest BCUT2D eigenvalue weighted by atomic mass is 10.3. The van der Waals surface area contributed by atoms with Crippen LogP contribution in [0.2, 0.25) is 0 Å². The summed E-state index contributed by atoms with van der Waals surface area (Å²) in [4.78, 5) is 0. The average molecular weight is 139 g/mol. The maximum Gasteiger partial charge on any atom is 0.570 e. The van der Waals surface area contributed by atoms with Gasteiger partial charge in [0.1, 0.15) is 0 Å². The molecular formula is C5H8BN2O2. The van der Waals surface area contributed by atoms with Crippen LogP contribution in [-0.4, -0.2) is 22.5 Å². The topological polar surface area (TPSA) is 47.3 Å². The summed E-state index contributed by atoms with van der Waals surface area (Å²) < 4.78 is 6.28. The Morgan fingerprint density at radius 2 is 2.50 bits per heavy atom. The smallest absolute Gasteiger partial charge is 0.523 e. The standard InChI is InChI=1S/C5H8BN2O2/c1-4-3-7-8(2)5(4)10-6-9/h3,9H,1-2H3. The van der Waals surface area contributed by atoms with Crippen molar-refractivity contribution in [2.24, 2.45) is 7.05 Å². The number of aromatic nitrogens is 2. The highest BCUT2D eigenvalue weighted by Gasteiger charge is 2.04. The molecule has 1 rings (SSSR count). The van der Waals surface area contributed by atoms with Crippen LogP contribution in [0.25, 0.3) is 0 Å². The molecule has 0 unspecified atom stereocenters. The lowest BCUT2D eigenvalue weighted by Crippen LogP contribution is -2.05. The lowest BCUT2D eigenvalue weighted by molar-refractivity contribution is 0.422. The van der Waals surface area contributed by atoms with Gasteiger partial charge < -0.3 is 9.68 Å². The van der Waals surface area contributed by atoms with Crippen molar-refractivity contribution >= 4 is 7.69 Å². The molecule has 0 aliphatic rings. The van der Waals surface area contributed by atoms with Gasteiger partial charge in [-0.1, -0.05) is 0 Å². The van der Waals surface area contributed by atoms with Crippen LogP contribution in [0.4, 0.5) is 0 Å². The zero-order chi connectivity index (χ0) is 7.56. The van der Waals surface area contributed by atoms with Gasteiger partial charge in [-0.3, -0.25) is 0 Å². The second-order valence-corrected chi connectivity index (χ2v) is 1.98. The quantitative estimate of drug-likeness (QED) is 0.568. The first-order valence-electron chi connectivity index (χ1n) is 2.87. The Morgan fingerprint density at radius 3 is 2.90 bits per heavy atom. The van der Waals surface area contributed by atoms with Crippen LogP contribution in [0.15, 0.2) is 6.20 Å². The molecule has 0 atom stereocenters. The molecule has 1 heterocycles. The SMILES string of the molecule is Cc1cnn(C)c1O[B]O. The van der Waals surface area contributed by atoms with Gasteiger partial charge >= 0.3 is 7.69 Å². The lowest BCUT2D eigenvalue weighted by Gasteiger charge is -2.01. The molecule has 0 saturated heterocycles. The van der Waals surface area contributed by atoms with Crippen molar-refractivity contribution in [3.8, 4) is 5.88 Å². The van der Waals surface area contributed by atoms with E-state index in [9.17, 15) is 0 Å². The Balaban J connectivity index is 2.87. The Bertz CT molecular complexity index is 204. The molecule has 1 radical (unpaired) electrons. The minimum atomic E-state index is 0.558. The second kappa shape index (κ2) is 2.75. The number of rotatable bonds is 2. The van der Waals surface area contributed by atoms with E-state index in [1.165, 1.54) is 0 Å². The molecule has 0 spiro atoms. The molecule has 4 nitrogen and oxygen atoms in total. The highest BCUT2D eigenvalue weighted by atomic mass is 16.5. The average Bonchev–Trinajstić information content (AvgIpc) is 2.20. The van der Waals surface area contributed by atoms with Gasteiger partial charge in [0.25, 0.3) is 0 Å². The Morgan fingerprint density at radius 1 is 1.80 bits per heavy atom. The normalized spacial score (nSPS) is 9.50. The number of hydrogen-bond donors (Lipinski definition) is 1. The zero-order valence-corrected chi connectivity index (χ0v) is 5.90. The molecular weight excluding hydrogens is 131 g/mol. The van der Waals surface area contributed by atoms with Gasteiger partial charge in [0, 0.05) is 12.6 Å². The maximum atomic E-state index is 8.30. The van der Waals surface area contributed by atoms with E-state index in [1.807, 2.05) is 6.92 Å². The molecule has 1 aromatic heterocycles. The monoisotopic (exact) mass is 139 g/mol. The number of aryl methyl sites for hydroxylation is 2. The fourth-order valence-corrected chi connectivity index (χ4v) is 0.755. The Kier molecular flexibility index (Phi) is 1.96. The molecule has 0 saturated carbocycles. The van der Waals surface area contributed by atoms with Gasteiger partial charge in [-0.2, -0.15) is 5.10 Å². The summed E-state index contributed by atoms with van der Waals surface area (Å²) in [5.74, 6) is 0.558. The minimum Gasteiger partial charge on any atom is -0.523 e. The van der Waals surface area contributed by atoms with Gasteiger partial charge in [0.15, 0.2) is 5.88 Å². The first kappa shape index (κ1) is 7.15. The number of hydrogen-bond acceptors (Lipinski definition) is 3. The van der Waals surface area contributed by atoms with Crippen molar-refractivity contribution in [1.82, 2.24) is 9.78 Å². The van der Waals surface area contributed by atoms with Gasteiger partial charge in [-0.15, -0.1) is 0 Å². The molecule has 5 heteroatoms. The van der Waals surface area contributed by atoms with Crippen molar-refractivity contribution in [2.75, 3.05) is 0 Å². The summed E-state index contributed by atoms with van der Waals surface area (Å²) in [6, 6.07) is 0. The Labute approximate surface area is 59.7 Å². The van der Waals surface area contributed by atoms with Crippen LogP contribution in [0.5, 0.6) is 5.88 Å². The molecule has 0 aromatic carbocycles. The van der Waals surface area contributed by atoms with E-state index in [1.54, 1.807) is 17.9 Å². The molecule has 0 aliphatic carbocycles. The van der Waals surface area contributed by atoms with E-state index in [-0.39, 0.29) is 0 Å². The largest absolute Gasteiger partial charge is 0.570 e. The molecule has 0 aliphatic heterocycles. The third-order valence-corrected chi connectivity index (χ3v) is 1.22. The van der Waals surface area contributed by atoms with Crippen LogP contribution in [0, 0.1) is 6.92 Å². The van der Waals surface area contributed by atoms with Gasteiger partial charge in [-0.25, -0.2) is 4.68 Å². The third-order valence-electron chi connectivity index (χ3n) is 1.22. The van der Waals surface area contributed by atoms with E-state index in [0.717, 1.165) is 5.56 Å². The van der Waals surface area contributed by atoms with E-state index in [0.29, 0.717) is 13.6 Å². The van der Waals surface area contributed by atoms with Crippen molar-refractivity contribution in [3.05, 3.63) is 11.8 Å². The number of nitrogens with zero attached hydrogens (tertiary/aromatic N) is 2. The van der Waals surface area contributed by atoms with Crippen LogP contribution >= 0.6 is 0 Å². The fraction of sp³-hybridized carbons (Fsp3) is 0.400. The van der Waals surface area contributed by atoms with E-state index in [2.05, 4.69) is 5.10 Å². The molecule has 0 fully saturated rings. The van der Waals surface area contributed by atoms with E-state index in [4.69, 9.17) is 9.68 Å². The van der Waals surface area contributed by atoms with E-state index < -0.39 is 0 Å². The molecule has 1 N–H and O–H groups in total. The summed E-state index contributed by atoms with van der Waals surface area (Å²) in [7, 11) is 2.38. The molecule has 0 bridgehead atoms. The fourth-order valence-electron chi connectivity index (χ4n) is 0.755. The molecule has 0 amide bonds. The third kappa shape index (κ3) is 1.13. The van der Waals surface area contributed by atoms with Crippen molar-refractivity contribution < 1.29 is 9.68 Å². The predicted molar refractivity (Wildman–Crippen MR) is 36.5 cm³/mol. The van der Waals surface area contributed by atoms with Crippen LogP contribution in [-0.2, 0) is 7.05 Å². The first-order chi connectivity index (χ1) is 4.75. The summed E-state index contributed by atoms with van der Waals surface area (Å²) >= 11 is 0. The Hall–Kier alpha value is -0.965. The van der Waals surface area contributed by atoms with Crippen molar-refractivity contribution in [2.45, 2.75) is 6.92 Å². The van der Waals surface area contributed by atoms with Gasteiger partial charge in [-0.05, 0) is 6.92 Å². The summed E-state index contributed by atoms with van der Waals surface area (Å²) in [5.41, 5.74) is 0.896. The summed E-state index contributed by atoms with van der Waals surface area (Å²) in [6.45, 7) is 1.85. The van der Waals surface area contributed by atoms with Crippen molar-refractivity contribution in [1.29, 1.82) is 0 Å². The van der Waals surface area contributed by atoms with Gasteiger partial charge in [0.2, 0.25) is 0 Å². The summed E-state index contributed by atoms with van der Waals surface area (Å²) in [5, 5.41) is 12.2. The molecule has 53 valence electrons. The highest BCUT2D eigenvalue weighted by Crippen LogP contribution is 2.13. The summed E-state index contributed by atoms with van der Waals surface area (Å²) in [6.07, 6.45) is 1.67. The van der Waals surface area contributed by atoms with Crippen molar-refractivity contribution in [3.63, 3.8) is 0 Å². The first-order valence-corrected chi connectivity index (χ1v) is 2.87.